The second-order valence-corrected chi connectivity index (χ2v) is 4.84. The molecule has 0 aliphatic rings. The molecule has 0 bridgehead atoms. The lowest BCUT2D eigenvalue weighted by Gasteiger charge is -2.09. The Morgan fingerprint density at radius 3 is 2.95 bits per heavy atom. The Kier molecular flexibility index (Phi) is 6.45. The van der Waals surface area contributed by atoms with Crippen molar-refractivity contribution in [1.29, 1.82) is 0 Å². The van der Waals surface area contributed by atoms with Crippen molar-refractivity contribution in [2.45, 2.75) is 20.4 Å². The molecule has 20 heavy (non-hydrogen) atoms. The fourth-order valence-electron chi connectivity index (χ4n) is 1.48. The van der Waals surface area contributed by atoms with Crippen LogP contribution >= 0.6 is 0 Å². The molecular weight excluding hydrogens is 258 g/mol. The Morgan fingerprint density at radius 2 is 2.30 bits per heavy atom. The summed E-state index contributed by atoms with van der Waals surface area (Å²) in [7, 11) is 0. The summed E-state index contributed by atoms with van der Waals surface area (Å²) in [4.78, 5) is 15.5. The van der Waals surface area contributed by atoms with Crippen LogP contribution in [-0.2, 0) is 11.3 Å². The van der Waals surface area contributed by atoms with E-state index in [-0.39, 0.29) is 18.3 Å². The average Bonchev–Trinajstić information content (AvgIpc) is 2.44. The van der Waals surface area contributed by atoms with E-state index in [1.165, 1.54) is 0 Å². The van der Waals surface area contributed by atoms with Crippen molar-refractivity contribution < 1.29 is 10.0 Å². The van der Waals surface area contributed by atoms with E-state index in [0.29, 0.717) is 24.7 Å². The molecule has 0 saturated carbocycles. The van der Waals surface area contributed by atoms with Crippen LogP contribution in [0.5, 0.6) is 0 Å². The van der Waals surface area contributed by atoms with Crippen LogP contribution in [0, 0.1) is 5.92 Å². The van der Waals surface area contributed by atoms with Gasteiger partial charge in [0.25, 0.3) is 0 Å². The Balaban J connectivity index is 2.40. The van der Waals surface area contributed by atoms with Gasteiger partial charge < -0.3 is 21.6 Å². The van der Waals surface area contributed by atoms with Crippen LogP contribution in [0.2, 0.25) is 0 Å². The van der Waals surface area contributed by atoms with Gasteiger partial charge in [0.15, 0.2) is 5.84 Å². The van der Waals surface area contributed by atoms with E-state index in [0.717, 1.165) is 5.56 Å². The van der Waals surface area contributed by atoms with Gasteiger partial charge in [0.1, 0.15) is 5.69 Å². The number of nitrogens with one attached hydrogen (secondary N) is 2. The van der Waals surface area contributed by atoms with Gasteiger partial charge in [-0.05, 0) is 23.6 Å². The molecule has 0 aliphatic heterocycles. The molecule has 0 saturated heterocycles. The molecule has 1 amide bonds. The van der Waals surface area contributed by atoms with E-state index in [9.17, 15) is 4.79 Å². The summed E-state index contributed by atoms with van der Waals surface area (Å²) < 4.78 is 0. The number of amides is 1. The van der Waals surface area contributed by atoms with Crippen molar-refractivity contribution in [3.63, 3.8) is 0 Å². The number of amidine groups is 1. The highest BCUT2D eigenvalue weighted by atomic mass is 16.4. The molecule has 7 heteroatoms. The number of rotatable bonds is 7. The Labute approximate surface area is 118 Å². The number of carbonyl (C=O) groups is 1. The molecule has 0 fully saturated rings. The highest BCUT2D eigenvalue weighted by Crippen LogP contribution is 2.01. The Hall–Kier alpha value is -2.15. The molecule has 1 aromatic heterocycles. The fourth-order valence-corrected chi connectivity index (χ4v) is 1.48. The molecule has 5 N–H and O–H groups in total. The van der Waals surface area contributed by atoms with Crippen LogP contribution in [0.3, 0.4) is 0 Å². The van der Waals surface area contributed by atoms with E-state index in [4.69, 9.17) is 10.9 Å². The van der Waals surface area contributed by atoms with Crippen molar-refractivity contribution in [3.8, 4) is 0 Å². The monoisotopic (exact) mass is 279 g/mol. The normalized spacial score (nSPS) is 11.7. The number of nitrogens with zero attached hydrogens (tertiary/aromatic N) is 2. The number of hydrogen-bond donors (Lipinski definition) is 4. The number of nitrogens with two attached hydrogens (primary N) is 1. The first-order chi connectivity index (χ1) is 9.52. The van der Waals surface area contributed by atoms with Crippen LogP contribution in [0.15, 0.2) is 23.5 Å². The molecule has 0 aliphatic carbocycles. The maximum Gasteiger partial charge on any atom is 0.233 e. The van der Waals surface area contributed by atoms with E-state index >= 15 is 0 Å². The third kappa shape index (κ3) is 5.66. The number of carbonyl (C=O) groups excluding carboxylic acids is 1. The molecular formula is C13H21N5O2. The molecule has 0 radical (unpaired) electrons. The lowest BCUT2D eigenvalue weighted by atomic mass is 10.2. The summed E-state index contributed by atoms with van der Waals surface area (Å²) in [5, 5.41) is 17.3. The zero-order chi connectivity index (χ0) is 15.0. The van der Waals surface area contributed by atoms with Crippen molar-refractivity contribution in [2.75, 3.05) is 13.1 Å². The molecule has 110 valence electrons. The van der Waals surface area contributed by atoms with E-state index < -0.39 is 0 Å². The predicted molar refractivity (Wildman–Crippen MR) is 76.3 cm³/mol. The summed E-state index contributed by atoms with van der Waals surface area (Å²) in [5.41, 5.74) is 6.76. The highest BCUT2D eigenvalue weighted by Gasteiger charge is 2.04. The van der Waals surface area contributed by atoms with Crippen LogP contribution in [-0.4, -0.2) is 35.0 Å². The van der Waals surface area contributed by atoms with Gasteiger partial charge in [-0.1, -0.05) is 19.0 Å². The second-order valence-electron chi connectivity index (χ2n) is 4.84. The number of hydrogen-bond acceptors (Lipinski definition) is 5. The average molecular weight is 279 g/mol. The largest absolute Gasteiger partial charge is 0.409 e. The van der Waals surface area contributed by atoms with Crippen molar-refractivity contribution >= 4 is 11.7 Å². The van der Waals surface area contributed by atoms with Gasteiger partial charge in [-0.15, -0.1) is 0 Å². The zero-order valence-electron chi connectivity index (χ0n) is 11.8. The minimum absolute atomic E-state index is 0.0376. The van der Waals surface area contributed by atoms with Crippen molar-refractivity contribution in [3.05, 3.63) is 29.6 Å². The molecule has 0 unspecified atom stereocenters. The summed E-state index contributed by atoms with van der Waals surface area (Å²) in [5.74, 6) is 0.355. The lowest BCUT2D eigenvalue weighted by molar-refractivity contribution is -0.120. The van der Waals surface area contributed by atoms with Gasteiger partial charge in [0, 0.05) is 19.3 Å². The molecule has 0 atom stereocenters. The van der Waals surface area contributed by atoms with Crippen LogP contribution in [0.4, 0.5) is 0 Å². The minimum atomic E-state index is -0.0403. The molecule has 1 rings (SSSR count). The molecule has 0 aromatic carbocycles. The number of aromatic nitrogens is 1. The van der Waals surface area contributed by atoms with Crippen molar-refractivity contribution in [2.24, 2.45) is 16.8 Å². The summed E-state index contributed by atoms with van der Waals surface area (Å²) in [6.07, 6.45) is 1.57. The smallest absolute Gasteiger partial charge is 0.233 e. The maximum atomic E-state index is 11.5. The quantitative estimate of drug-likeness (QED) is 0.243. The van der Waals surface area contributed by atoms with Gasteiger partial charge in [0.2, 0.25) is 5.91 Å². The van der Waals surface area contributed by atoms with Gasteiger partial charge in [-0.25, -0.2) is 0 Å². The highest BCUT2D eigenvalue weighted by molar-refractivity contribution is 5.95. The lowest BCUT2D eigenvalue weighted by Crippen LogP contribution is -2.35. The molecule has 1 aromatic rings. The topological polar surface area (TPSA) is 113 Å². The minimum Gasteiger partial charge on any atom is -0.409 e. The van der Waals surface area contributed by atoms with Gasteiger partial charge in [-0.3, -0.25) is 9.78 Å². The summed E-state index contributed by atoms with van der Waals surface area (Å²) >= 11 is 0. The summed E-state index contributed by atoms with van der Waals surface area (Å²) in [6.45, 7) is 5.50. The molecule has 7 nitrogen and oxygen atoms in total. The number of oxime groups is 1. The van der Waals surface area contributed by atoms with Gasteiger partial charge in [-0.2, -0.15) is 0 Å². The van der Waals surface area contributed by atoms with Crippen LogP contribution in [0.1, 0.15) is 25.1 Å². The first-order valence-corrected chi connectivity index (χ1v) is 6.43. The SMILES string of the molecule is CC(C)CNC(=O)CNCc1ccnc(/C(N)=N/O)c1. The van der Waals surface area contributed by atoms with Crippen LogP contribution in [0.25, 0.3) is 0 Å². The molecule has 1 heterocycles. The van der Waals surface area contributed by atoms with Crippen LogP contribution < -0.4 is 16.4 Å². The molecule has 0 spiro atoms. The van der Waals surface area contributed by atoms with Crippen molar-refractivity contribution in [1.82, 2.24) is 15.6 Å². The zero-order valence-corrected chi connectivity index (χ0v) is 11.8. The fraction of sp³-hybridized carbons (Fsp3) is 0.462. The van der Waals surface area contributed by atoms with E-state index in [2.05, 4.69) is 20.8 Å². The predicted octanol–water partition coefficient (Wildman–Crippen LogP) is 0.0379. The van der Waals surface area contributed by atoms with Gasteiger partial charge >= 0.3 is 0 Å². The Morgan fingerprint density at radius 1 is 1.55 bits per heavy atom. The third-order valence-corrected chi connectivity index (χ3v) is 2.52. The van der Waals surface area contributed by atoms with E-state index in [1.54, 1.807) is 18.3 Å². The standard InChI is InChI=1S/C13H21N5O2/c1-9(2)6-17-12(19)8-15-7-10-3-4-16-11(5-10)13(14)18-20/h3-5,9,15,20H,6-8H2,1-2H3,(H2,14,18)(H,17,19). The van der Waals surface area contributed by atoms with Gasteiger partial charge in [0.05, 0.1) is 6.54 Å². The first kappa shape index (κ1) is 15.9. The van der Waals surface area contributed by atoms with E-state index in [1.807, 2.05) is 13.8 Å². The third-order valence-electron chi connectivity index (χ3n) is 2.52. The Bertz CT molecular complexity index is 474. The number of pyridine rings is 1. The first-order valence-electron chi connectivity index (χ1n) is 6.43. The maximum absolute atomic E-state index is 11.5. The summed E-state index contributed by atoms with van der Waals surface area (Å²) in [6, 6.07) is 3.50. The second kappa shape index (κ2) is 8.11.